The molecule has 0 atom stereocenters. The molecular formula is C24H25NO4. The molecular weight excluding hydrogens is 366 g/mol. The topological polar surface area (TPSA) is 64.6 Å². The molecule has 0 spiro atoms. The Morgan fingerprint density at radius 1 is 1.00 bits per heavy atom. The number of carbonyl (C=O) groups excluding carboxylic acids is 2. The molecule has 1 heterocycles. The lowest BCUT2D eigenvalue weighted by Crippen LogP contribution is -2.36. The fourth-order valence-electron chi connectivity index (χ4n) is 4.53. The number of allylic oxidation sites excluding steroid dienone is 4. The van der Waals surface area contributed by atoms with Crippen LogP contribution in [-0.2, 0) is 9.59 Å². The van der Waals surface area contributed by atoms with E-state index in [4.69, 9.17) is 15.9 Å². The molecule has 0 aromatic heterocycles. The van der Waals surface area contributed by atoms with Crippen LogP contribution in [0, 0.1) is 12.3 Å². The maximum Gasteiger partial charge on any atom is 0.162 e. The third kappa shape index (κ3) is 3.55. The maximum atomic E-state index is 12.9. The SMILES string of the molecule is C#CCOc1ccc(C2C3=C(CCCC3=O)NC3=C2C(=O)CCC3)cc1OCC. The number of hydrogen-bond donors (Lipinski definition) is 1. The van der Waals surface area contributed by atoms with E-state index < -0.39 is 0 Å². The molecule has 1 aromatic rings. The molecule has 4 rings (SSSR count). The average molecular weight is 391 g/mol. The monoisotopic (exact) mass is 391 g/mol. The first-order valence-corrected chi connectivity index (χ1v) is 10.3. The molecule has 0 bridgehead atoms. The highest BCUT2D eigenvalue weighted by Crippen LogP contribution is 2.46. The van der Waals surface area contributed by atoms with E-state index in [-0.39, 0.29) is 24.1 Å². The summed E-state index contributed by atoms with van der Waals surface area (Å²) in [7, 11) is 0. The maximum absolute atomic E-state index is 12.9. The van der Waals surface area contributed by atoms with Gasteiger partial charge < -0.3 is 14.8 Å². The van der Waals surface area contributed by atoms with Gasteiger partial charge in [0.25, 0.3) is 0 Å². The summed E-state index contributed by atoms with van der Waals surface area (Å²) in [6.45, 7) is 2.52. The molecule has 5 nitrogen and oxygen atoms in total. The first kappa shape index (κ1) is 19.3. The van der Waals surface area contributed by atoms with Gasteiger partial charge in [-0.2, -0.15) is 0 Å². The van der Waals surface area contributed by atoms with Gasteiger partial charge in [0.2, 0.25) is 0 Å². The predicted molar refractivity (Wildman–Crippen MR) is 110 cm³/mol. The average Bonchev–Trinajstić information content (AvgIpc) is 2.72. The summed E-state index contributed by atoms with van der Waals surface area (Å²) in [6.07, 6.45) is 9.72. The van der Waals surface area contributed by atoms with E-state index in [9.17, 15) is 9.59 Å². The van der Waals surface area contributed by atoms with Gasteiger partial charge in [-0.15, -0.1) is 6.42 Å². The van der Waals surface area contributed by atoms with Crippen LogP contribution in [0.15, 0.2) is 40.7 Å². The molecule has 1 aliphatic heterocycles. The lowest BCUT2D eigenvalue weighted by Gasteiger charge is -2.37. The number of terminal acetylenes is 1. The smallest absolute Gasteiger partial charge is 0.162 e. The predicted octanol–water partition coefficient (Wildman–Crippen LogP) is 3.80. The Balaban J connectivity index is 1.84. The highest BCUT2D eigenvalue weighted by Gasteiger charge is 2.40. The van der Waals surface area contributed by atoms with Crippen LogP contribution in [0.3, 0.4) is 0 Å². The van der Waals surface area contributed by atoms with E-state index in [2.05, 4.69) is 11.2 Å². The first-order chi connectivity index (χ1) is 14.1. The first-order valence-electron chi connectivity index (χ1n) is 10.3. The van der Waals surface area contributed by atoms with Crippen molar-refractivity contribution in [2.45, 2.75) is 51.4 Å². The van der Waals surface area contributed by atoms with Gasteiger partial charge in [-0.3, -0.25) is 9.59 Å². The summed E-state index contributed by atoms with van der Waals surface area (Å²) in [5.41, 5.74) is 4.32. The number of rotatable bonds is 5. The molecule has 5 heteroatoms. The van der Waals surface area contributed by atoms with Crippen LogP contribution in [0.4, 0.5) is 0 Å². The van der Waals surface area contributed by atoms with E-state index in [1.54, 1.807) is 0 Å². The van der Waals surface area contributed by atoms with Gasteiger partial charge in [0.15, 0.2) is 23.1 Å². The summed E-state index contributed by atoms with van der Waals surface area (Å²) >= 11 is 0. The standard InChI is InChI=1S/C24H25NO4/c1-3-13-29-20-12-11-15(14-21(20)28-4-2)22-23-16(7-5-9-18(23)26)25-17-8-6-10-19(27)24(17)22/h1,11-12,14,22,25H,4-10,13H2,2H3. The van der Waals surface area contributed by atoms with Crippen molar-refractivity contribution < 1.29 is 19.1 Å². The number of nitrogens with one attached hydrogen (secondary N) is 1. The highest BCUT2D eigenvalue weighted by atomic mass is 16.5. The van der Waals surface area contributed by atoms with Gasteiger partial charge in [0.1, 0.15) is 6.61 Å². The molecule has 1 aromatic carbocycles. The van der Waals surface area contributed by atoms with E-state index >= 15 is 0 Å². The van der Waals surface area contributed by atoms with Gasteiger partial charge in [-0.25, -0.2) is 0 Å². The van der Waals surface area contributed by atoms with Crippen molar-refractivity contribution in [3.63, 3.8) is 0 Å². The van der Waals surface area contributed by atoms with E-state index in [1.165, 1.54) is 0 Å². The van der Waals surface area contributed by atoms with Crippen LogP contribution in [0.1, 0.15) is 56.9 Å². The van der Waals surface area contributed by atoms with E-state index in [0.717, 1.165) is 53.8 Å². The summed E-state index contributed by atoms with van der Waals surface area (Å²) < 4.78 is 11.4. The molecule has 0 saturated heterocycles. The molecule has 0 amide bonds. The Bertz CT molecular complexity index is 922. The summed E-state index contributed by atoms with van der Waals surface area (Å²) in [5.74, 6) is 3.51. The minimum Gasteiger partial charge on any atom is -0.490 e. The molecule has 150 valence electrons. The van der Waals surface area contributed by atoms with E-state index in [1.807, 2.05) is 25.1 Å². The van der Waals surface area contributed by atoms with Crippen LogP contribution < -0.4 is 14.8 Å². The Morgan fingerprint density at radius 3 is 2.24 bits per heavy atom. The summed E-state index contributed by atoms with van der Waals surface area (Å²) in [6, 6.07) is 5.63. The minimum absolute atomic E-state index is 0.124. The second-order valence-electron chi connectivity index (χ2n) is 7.53. The number of Topliss-reactive ketones (excluding diaryl/α,β-unsaturated/α-hetero) is 2. The quantitative estimate of drug-likeness (QED) is 0.774. The largest absolute Gasteiger partial charge is 0.490 e. The van der Waals surface area contributed by atoms with E-state index in [0.29, 0.717) is 30.9 Å². The Labute approximate surface area is 171 Å². The van der Waals surface area contributed by atoms with Crippen molar-refractivity contribution in [1.29, 1.82) is 0 Å². The van der Waals surface area contributed by atoms with Crippen LogP contribution in [0.25, 0.3) is 0 Å². The third-order valence-corrected chi connectivity index (χ3v) is 5.70. The molecule has 0 radical (unpaired) electrons. The van der Waals surface area contributed by atoms with Crippen molar-refractivity contribution >= 4 is 11.6 Å². The Morgan fingerprint density at radius 2 is 1.66 bits per heavy atom. The Kier molecular flexibility index (Phi) is 5.44. The lowest BCUT2D eigenvalue weighted by molar-refractivity contribution is -0.116. The number of dihydropyridines is 1. The molecule has 0 unspecified atom stereocenters. The Hall–Kier alpha value is -3.00. The van der Waals surface area contributed by atoms with Crippen LogP contribution >= 0.6 is 0 Å². The fraction of sp³-hybridized carbons (Fsp3) is 0.417. The molecule has 0 saturated carbocycles. The number of hydrogen-bond acceptors (Lipinski definition) is 5. The fourth-order valence-corrected chi connectivity index (χ4v) is 4.53. The van der Waals surface area contributed by atoms with Crippen molar-refractivity contribution in [1.82, 2.24) is 5.32 Å². The van der Waals surface area contributed by atoms with Crippen LogP contribution in [0.5, 0.6) is 11.5 Å². The van der Waals surface area contributed by atoms with Crippen LogP contribution in [-0.4, -0.2) is 24.8 Å². The number of ketones is 2. The second-order valence-corrected chi connectivity index (χ2v) is 7.53. The van der Waals surface area contributed by atoms with Crippen molar-refractivity contribution in [3.8, 4) is 23.8 Å². The molecule has 29 heavy (non-hydrogen) atoms. The molecule has 3 aliphatic rings. The summed E-state index contributed by atoms with van der Waals surface area (Å²) in [4.78, 5) is 25.8. The van der Waals surface area contributed by atoms with Crippen molar-refractivity contribution in [2.75, 3.05) is 13.2 Å². The highest BCUT2D eigenvalue weighted by molar-refractivity contribution is 6.06. The minimum atomic E-state index is -0.345. The number of benzene rings is 1. The lowest BCUT2D eigenvalue weighted by atomic mass is 9.71. The zero-order valence-corrected chi connectivity index (χ0v) is 16.7. The summed E-state index contributed by atoms with van der Waals surface area (Å²) in [5, 5.41) is 3.44. The third-order valence-electron chi connectivity index (χ3n) is 5.70. The van der Waals surface area contributed by atoms with Gasteiger partial charge in [-0.1, -0.05) is 12.0 Å². The van der Waals surface area contributed by atoms with Gasteiger partial charge in [-0.05, 0) is 50.3 Å². The normalized spacial score (nSPS) is 19.3. The number of ether oxygens (including phenoxy) is 2. The van der Waals surface area contributed by atoms with Crippen LogP contribution in [0.2, 0.25) is 0 Å². The van der Waals surface area contributed by atoms with Gasteiger partial charge in [0, 0.05) is 41.3 Å². The van der Waals surface area contributed by atoms with Crippen molar-refractivity contribution in [2.24, 2.45) is 0 Å². The molecule has 0 fully saturated rings. The molecule has 1 N–H and O–H groups in total. The zero-order valence-electron chi connectivity index (χ0n) is 16.7. The van der Waals surface area contributed by atoms with Gasteiger partial charge in [0.05, 0.1) is 6.61 Å². The number of carbonyl (C=O) groups is 2. The van der Waals surface area contributed by atoms with Gasteiger partial charge >= 0.3 is 0 Å². The van der Waals surface area contributed by atoms with Crippen molar-refractivity contribution in [3.05, 3.63) is 46.3 Å². The zero-order chi connectivity index (χ0) is 20.4. The molecule has 2 aliphatic carbocycles. The second kappa shape index (κ2) is 8.16.